The van der Waals surface area contributed by atoms with Crippen LogP contribution in [0.2, 0.25) is 0 Å². The van der Waals surface area contributed by atoms with Gasteiger partial charge in [0.05, 0.1) is 18.4 Å². The Morgan fingerprint density at radius 3 is 2.36 bits per heavy atom. The average molecular weight is 301 g/mol. The molecule has 0 spiro atoms. The number of hydrogen-bond donors (Lipinski definition) is 1. The summed E-state index contributed by atoms with van der Waals surface area (Å²) in [6, 6.07) is 12.6. The van der Waals surface area contributed by atoms with Crippen LogP contribution in [0.25, 0.3) is 0 Å². The molecule has 22 heavy (non-hydrogen) atoms. The molecule has 116 valence electrons. The maximum absolute atomic E-state index is 11.4. The van der Waals surface area contributed by atoms with Gasteiger partial charge in [0.15, 0.2) is 0 Å². The number of methoxy groups -OCH3 is 1. The van der Waals surface area contributed by atoms with Crippen LogP contribution < -0.4 is 15.2 Å². The highest BCUT2D eigenvalue weighted by molar-refractivity contribution is 5.90. The monoisotopic (exact) mass is 301 g/mol. The minimum absolute atomic E-state index is 0.357. The van der Waals surface area contributed by atoms with Crippen molar-refractivity contribution in [2.45, 2.75) is 6.92 Å². The minimum atomic E-state index is -0.430. The van der Waals surface area contributed by atoms with Gasteiger partial charge >= 0.3 is 5.97 Å². The Morgan fingerprint density at radius 2 is 1.73 bits per heavy atom. The van der Waals surface area contributed by atoms with E-state index in [4.69, 9.17) is 15.2 Å². The van der Waals surface area contributed by atoms with E-state index in [0.29, 0.717) is 30.2 Å². The van der Waals surface area contributed by atoms with Crippen LogP contribution in [0, 0.1) is 6.92 Å². The normalized spacial score (nSPS) is 10.1. The van der Waals surface area contributed by atoms with Crippen molar-refractivity contribution >= 4 is 11.7 Å². The van der Waals surface area contributed by atoms with E-state index in [1.165, 1.54) is 18.7 Å². The number of ether oxygens (including phenoxy) is 3. The zero-order valence-corrected chi connectivity index (χ0v) is 12.7. The van der Waals surface area contributed by atoms with E-state index < -0.39 is 5.97 Å². The van der Waals surface area contributed by atoms with Crippen LogP contribution in [-0.4, -0.2) is 26.3 Å². The van der Waals surface area contributed by atoms with Gasteiger partial charge in [0, 0.05) is 0 Å². The van der Waals surface area contributed by atoms with E-state index in [9.17, 15) is 4.79 Å². The van der Waals surface area contributed by atoms with Crippen molar-refractivity contribution in [2.75, 3.05) is 26.1 Å². The quantitative estimate of drug-likeness (QED) is 0.504. The Morgan fingerprint density at radius 1 is 1.05 bits per heavy atom. The van der Waals surface area contributed by atoms with Crippen molar-refractivity contribution in [1.29, 1.82) is 0 Å². The third-order valence-electron chi connectivity index (χ3n) is 3.06. The van der Waals surface area contributed by atoms with Gasteiger partial charge in [-0.3, -0.25) is 0 Å². The average Bonchev–Trinajstić information content (AvgIpc) is 2.53. The highest BCUT2D eigenvalue weighted by Crippen LogP contribution is 2.23. The fourth-order valence-electron chi connectivity index (χ4n) is 1.87. The number of hydrogen-bond acceptors (Lipinski definition) is 5. The summed E-state index contributed by atoms with van der Waals surface area (Å²) in [6.45, 7) is 2.78. The summed E-state index contributed by atoms with van der Waals surface area (Å²) < 4.78 is 15.7. The third-order valence-corrected chi connectivity index (χ3v) is 3.06. The number of nitrogen functional groups attached to an aromatic ring is 1. The maximum atomic E-state index is 11.4. The molecule has 2 N–H and O–H groups in total. The number of esters is 1. The van der Waals surface area contributed by atoms with Gasteiger partial charge in [-0.05, 0) is 37.3 Å². The van der Waals surface area contributed by atoms with Gasteiger partial charge in [-0.15, -0.1) is 0 Å². The lowest BCUT2D eigenvalue weighted by Gasteiger charge is -2.11. The lowest BCUT2D eigenvalue weighted by Crippen LogP contribution is -2.10. The van der Waals surface area contributed by atoms with E-state index in [2.05, 4.69) is 4.74 Å². The van der Waals surface area contributed by atoms with Crippen LogP contribution in [0.5, 0.6) is 11.5 Å². The maximum Gasteiger partial charge on any atom is 0.337 e. The van der Waals surface area contributed by atoms with Gasteiger partial charge < -0.3 is 19.9 Å². The molecule has 0 aromatic heterocycles. The summed E-state index contributed by atoms with van der Waals surface area (Å²) in [4.78, 5) is 11.4. The zero-order chi connectivity index (χ0) is 15.9. The van der Waals surface area contributed by atoms with E-state index in [1.54, 1.807) is 12.1 Å². The standard InChI is InChI=1S/C17H19NO4/c1-12-3-6-14(7-4-12)21-9-10-22-16-8-5-13(11-15(16)18)17(19)20-2/h3-8,11H,9-10,18H2,1-2H3. The van der Waals surface area contributed by atoms with E-state index in [0.717, 1.165) is 5.75 Å². The molecule has 5 nitrogen and oxygen atoms in total. The zero-order valence-electron chi connectivity index (χ0n) is 12.7. The molecule has 0 saturated heterocycles. The summed E-state index contributed by atoms with van der Waals surface area (Å²) in [7, 11) is 1.32. The van der Waals surface area contributed by atoms with Crippen molar-refractivity contribution < 1.29 is 19.0 Å². The molecule has 5 heteroatoms. The van der Waals surface area contributed by atoms with Crippen molar-refractivity contribution in [3.8, 4) is 11.5 Å². The summed E-state index contributed by atoms with van der Waals surface area (Å²) >= 11 is 0. The fraction of sp³-hybridized carbons (Fsp3) is 0.235. The topological polar surface area (TPSA) is 70.8 Å². The Hall–Kier alpha value is -2.69. The van der Waals surface area contributed by atoms with Crippen molar-refractivity contribution in [1.82, 2.24) is 0 Å². The first kappa shape index (κ1) is 15.7. The Bertz CT molecular complexity index is 638. The van der Waals surface area contributed by atoms with E-state index in [-0.39, 0.29) is 0 Å². The van der Waals surface area contributed by atoms with Crippen LogP contribution in [0.1, 0.15) is 15.9 Å². The summed E-state index contributed by atoms with van der Waals surface area (Å²) in [5, 5.41) is 0. The molecule has 0 amide bonds. The molecule has 0 saturated carbocycles. The second kappa shape index (κ2) is 7.36. The van der Waals surface area contributed by atoms with Crippen LogP contribution >= 0.6 is 0 Å². The van der Waals surface area contributed by atoms with Gasteiger partial charge in [0.25, 0.3) is 0 Å². The largest absolute Gasteiger partial charge is 0.490 e. The van der Waals surface area contributed by atoms with E-state index >= 15 is 0 Å². The lowest BCUT2D eigenvalue weighted by atomic mass is 10.2. The molecule has 0 aliphatic carbocycles. The van der Waals surface area contributed by atoms with Crippen molar-refractivity contribution in [3.05, 3.63) is 53.6 Å². The molecule has 0 aliphatic rings. The van der Waals surface area contributed by atoms with Crippen LogP contribution in [0.3, 0.4) is 0 Å². The SMILES string of the molecule is COC(=O)c1ccc(OCCOc2ccc(C)cc2)c(N)c1. The molecule has 2 aromatic carbocycles. The van der Waals surface area contributed by atoms with Crippen LogP contribution in [-0.2, 0) is 4.74 Å². The number of rotatable bonds is 6. The lowest BCUT2D eigenvalue weighted by molar-refractivity contribution is 0.0600. The van der Waals surface area contributed by atoms with Gasteiger partial charge in [0.2, 0.25) is 0 Å². The number of anilines is 1. The first-order chi connectivity index (χ1) is 10.6. The number of benzene rings is 2. The smallest absolute Gasteiger partial charge is 0.337 e. The van der Waals surface area contributed by atoms with Gasteiger partial charge in [-0.2, -0.15) is 0 Å². The highest BCUT2D eigenvalue weighted by Gasteiger charge is 2.08. The predicted molar refractivity (Wildman–Crippen MR) is 84.4 cm³/mol. The molecule has 0 radical (unpaired) electrons. The Labute approximate surface area is 129 Å². The summed E-state index contributed by atoms with van der Waals surface area (Å²) in [5.41, 5.74) is 7.81. The Kier molecular flexibility index (Phi) is 5.25. The minimum Gasteiger partial charge on any atom is -0.490 e. The van der Waals surface area contributed by atoms with Crippen molar-refractivity contribution in [2.24, 2.45) is 0 Å². The number of nitrogens with two attached hydrogens (primary N) is 1. The molecule has 2 rings (SSSR count). The molecule has 0 fully saturated rings. The second-order valence-electron chi connectivity index (χ2n) is 4.75. The van der Waals surface area contributed by atoms with Crippen molar-refractivity contribution in [3.63, 3.8) is 0 Å². The molecule has 0 unspecified atom stereocenters. The number of carbonyl (C=O) groups is 1. The molecule has 2 aromatic rings. The molecule has 0 heterocycles. The van der Waals surface area contributed by atoms with Gasteiger partial charge in [-0.1, -0.05) is 17.7 Å². The summed E-state index contributed by atoms with van der Waals surface area (Å²) in [5.74, 6) is 0.879. The van der Waals surface area contributed by atoms with E-state index in [1.807, 2.05) is 31.2 Å². The third kappa shape index (κ3) is 4.15. The van der Waals surface area contributed by atoms with Gasteiger partial charge in [0.1, 0.15) is 24.7 Å². The molecule has 0 atom stereocenters. The fourth-order valence-corrected chi connectivity index (χ4v) is 1.87. The van der Waals surface area contributed by atoms with Crippen LogP contribution in [0.15, 0.2) is 42.5 Å². The molecule has 0 bridgehead atoms. The summed E-state index contributed by atoms with van der Waals surface area (Å²) in [6.07, 6.45) is 0. The Balaban J connectivity index is 1.84. The molecular formula is C17H19NO4. The molecular weight excluding hydrogens is 282 g/mol. The van der Waals surface area contributed by atoms with Crippen LogP contribution in [0.4, 0.5) is 5.69 Å². The predicted octanol–water partition coefficient (Wildman–Crippen LogP) is 2.82. The highest BCUT2D eigenvalue weighted by atomic mass is 16.5. The number of aryl methyl sites for hydroxylation is 1. The first-order valence-corrected chi connectivity index (χ1v) is 6.90. The number of carbonyl (C=O) groups excluding carboxylic acids is 1. The van der Waals surface area contributed by atoms with Gasteiger partial charge in [-0.25, -0.2) is 4.79 Å². The second-order valence-corrected chi connectivity index (χ2v) is 4.75. The first-order valence-electron chi connectivity index (χ1n) is 6.90. The molecule has 0 aliphatic heterocycles.